The molecule has 0 aliphatic heterocycles. The number of benzene rings is 1. The standard InChI is InChI=1S/C12H14N2O5/c1-12(2,3)19-11(16)13-10-5-4-9(14(17)18)6-8(10)7-15/h4-7H,1-3H3,(H,13,16). The van der Waals surface area contributed by atoms with Gasteiger partial charge in [-0.15, -0.1) is 0 Å². The van der Waals surface area contributed by atoms with Gasteiger partial charge in [0.25, 0.3) is 5.69 Å². The highest BCUT2D eigenvalue weighted by atomic mass is 16.6. The molecule has 0 bridgehead atoms. The van der Waals surface area contributed by atoms with Crippen LogP contribution in [0.1, 0.15) is 31.1 Å². The largest absolute Gasteiger partial charge is 0.444 e. The monoisotopic (exact) mass is 266 g/mol. The third kappa shape index (κ3) is 4.38. The number of hydrogen-bond acceptors (Lipinski definition) is 5. The molecule has 0 unspecified atom stereocenters. The second kappa shape index (κ2) is 5.47. The molecule has 0 saturated carbocycles. The number of aldehydes is 1. The molecule has 1 aromatic rings. The van der Waals surface area contributed by atoms with Gasteiger partial charge in [-0.25, -0.2) is 4.79 Å². The zero-order valence-corrected chi connectivity index (χ0v) is 10.8. The minimum absolute atomic E-state index is 0.0139. The van der Waals surface area contributed by atoms with E-state index in [0.717, 1.165) is 6.07 Å². The van der Waals surface area contributed by atoms with Crippen molar-refractivity contribution in [2.45, 2.75) is 26.4 Å². The Morgan fingerprint density at radius 3 is 2.53 bits per heavy atom. The van der Waals surface area contributed by atoms with E-state index in [9.17, 15) is 19.7 Å². The molecule has 0 spiro atoms. The molecule has 7 nitrogen and oxygen atoms in total. The van der Waals surface area contributed by atoms with E-state index < -0.39 is 16.6 Å². The van der Waals surface area contributed by atoms with Crippen molar-refractivity contribution in [2.24, 2.45) is 0 Å². The van der Waals surface area contributed by atoms with E-state index in [1.54, 1.807) is 20.8 Å². The first-order valence-corrected chi connectivity index (χ1v) is 5.46. The molecule has 0 aliphatic rings. The summed E-state index contributed by atoms with van der Waals surface area (Å²) >= 11 is 0. The molecule has 0 heterocycles. The van der Waals surface area contributed by atoms with Crippen LogP contribution in [0.15, 0.2) is 18.2 Å². The topological polar surface area (TPSA) is 98.5 Å². The minimum Gasteiger partial charge on any atom is -0.444 e. The molecule has 0 aliphatic carbocycles. The van der Waals surface area contributed by atoms with Gasteiger partial charge in [0, 0.05) is 17.7 Å². The first-order valence-electron chi connectivity index (χ1n) is 5.46. The van der Waals surface area contributed by atoms with E-state index in [2.05, 4.69) is 5.32 Å². The number of ether oxygens (including phenoxy) is 1. The highest BCUT2D eigenvalue weighted by Gasteiger charge is 2.18. The van der Waals surface area contributed by atoms with Crippen LogP contribution in [0.3, 0.4) is 0 Å². The molecule has 0 atom stereocenters. The van der Waals surface area contributed by atoms with Crippen molar-refractivity contribution in [1.82, 2.24) is 0 Å². The zero-order valence-electron chi connectivity index (χ0n) is 10.8. The number of anilines is 1. The molecule has 1 amide bonds. The molecule has 0 aromatic heterocycles. The van der Waals surface area contributed by atoms with Gasteiger partial charge < -0.3 is 4.74 Å². The van der Waals surface area contributed by atoms with Crippen LogP contribution in [-0.4, -0.2) is 22.9 Å². The van der Waals surface area contributed by atoms with Gasteiger partial charge >= 0.3 is 6.09 Å². The maximum absolute atomic E-state index is 11.5. The summed E-state index contributed by atoms with van der Waals surface area (Å²) in [6, 6.07) is 3.56. The predicted molar refractivity (Wildman–Crippen MR) is 68.3 cm³/mol. The number of nitrogens with one attached hydrogen (secondary N) is 1. The lowest BCUT2D eigenvalue weighted by Crippen LogP contribution is -2.27. The summed E-state index contributed by atoms with van der Waals surface area (Å²) in [6.45, 7) is 5.09. The van der Waals surface area contributed by atoms with E-state index in [4.69, 9.17) is 4.74 Å². The van der Waals surface area contributed by atoms with Gasteiger partial charge in [-0.1, -0.05) is 0 Å². The van der Waals surface area contributed by atoms with Crippen LogP contribution in [0.2, 0.25) is 0 Å². The number of amides is 1. The van der Waals surface area contributed by atoms with Crippen molar-refractivity contribution in [1.29, 1.82) is 0 Å². The lowest BCUT2D eigenvalue weighted by atomic mass is 10.1. The zero-order chi connectivity index (χ0) is 14.6. The van der Waals surface area contributed by atoms with Crippen molar-refractivity contribution in [3.05, 3.63) is 33.9 Å². The normalized spacial score (nSPS) is 10.7. The maximum atomic E-state index is 11.5. The quantitative estimate of drug-likeness (QED) is 0.515. The summed E-state index contributed by atoms with van der Waals surface area (Å²) in [4.78, 5) is 32.3. The molecule has 0 saturated heterocycles. The van der Waals surface area contributed by atoms with Gasteiger partial charge in [0.05, 0.1) is 10.6 Å². The van der Waals surface area contributed by atoms with Gasteiger partial charge in [-0.2, -0.15) is 0 Å². The summed E-state index contributed by atoms with van der Waals surface area (Å²) < 4.78 is 5.02. The van der Waals surface area contributed by atoms with E-state index in [1.165, 1.54) is 12.1 Å². The smallest absolute Gasteiger partial charge is 0.412 e. The Balaban J connectivity index is 2.93. The second-order valence-electron chi connectivity index (χ2n) is 4.77. The number of carbonyl (C=O) groups is 2. The Morgan fingerprint density at radius 1 is 1.42 bits per heavy atom. The van der Waals surface area contributed by atoms with E-state index in [1.807, 2.05) is 0 Å². The average Bonchev–Trinajstić information content (AvgIpc) is 2.26. The fourth-order valence-corrected chi connectivity index (χ4v) is 1.29. The fraction of sp³-hybridized carbons (Fsp3) is 0.333. The van der Waals surface area contributed by atoms with Gasteiger partial charge in [0.2, 0.25) is 0 Å². The average molecular weight is 266 g/mol. The van der Waals surface area contributed by atoms with Crippen LogP contribution in [-0.2, 0) is 4.74 Å². The summed E-state index contributed by atoms with van der Waals surface area (Å²) in [5.41, 5.74) is -0.724. The number of hydrogen-bond donors (Lipinski definition) is 1. The van der Waals surface area contributed by atoms with Crippen molar-refractivity contribution in [3.63, 3.8) is 0 Å². The highest BCUT2D eigenvalue weighted by molar-refractivity contribution is 5.93. The number of non-ortho nitro benzene ring substituents is 1. The predicted octanol–water partition coefficient (Wildman–Crippen LogP) is 2.75. The summed E-state index contributed by atoms with van der Waals surface area (Å²) in [7, 11) is 0. The van der Waals surface area contributed by atoms with Crippen LogP contribution >= 0.6 is 0 Å². The van der Waals surface area contributed by atoms with E-state index in [-0.39, 0.29) is 16.9 Å². The number of nitro groups is 1. The van der Waals surface area contributed by atoms with Gasteiger partial charge in [-0.3, -0.25) is 20.2 Å². The Kier molecular flexibility index (Phi) is 4.21. The molecule has 0 fully saturated rings. The highest BCUT2D eigenvalue weighted by Crippen LogP contribution is 2.21. The molecular weight excluding hydrogens is 252 g/mol. The molecule has 1 rings (SSSR count). The van der Waals surface area contributed by atoms with Gasteiger partial charge in [0.15, 0.2) is 6.29 Å². The number of nitrogens with zero attached hydrogens (tertiary/aromatic N) is 1. The summed E-state index contributed by atoms with van der Waals surface area (Å²) in [5.74, 6) is 0. The third-order valence-electron chi connectivity index (χ3n) is 2.01. The molecule has 1 aromatic carbocycles. The number of rotatable bonds is 3. The molecule has 1 N–H and O–H groups in total. The maximum Gasteiger partial charge on any atom is 0.412 e. The van der Waals surface area contributed by atoms with Crippen molar-refractivity contribution in [2.75, 3.05) is 5.32 Å². The fourth-order valence-electron chi connectivity index (χ4n) is 1.29. The lowest BCUT2D eigenvalue weighted by molar-refractivity contribution is -0.384. The molecule has 19 heavy (non-hydrogen) atoms. The van der Waals surface area contributed by atoms with Gasteiger partial charge in [-0.05, 0) is 26.8 Å². The first-order chi connectivity index (χ1) is 8.73. The molecule has 7 heteroatoms. The van der Waals surface area contributed by atoms with Crippen LogP contribution in [0.25, 0.3) is 0 Å². The second-order valence-corrected chi connectivity index (χ2v) is 4.77. The van der Waals surface area contributed by atoms with Crippen molar-refractivity contribution in [3.8, 4) is 0 Å². The van der Waals surface area contributed by atoms with Crippen molar-refractivity contribution < 1.29 is 19.2 Å². The number of carbonyl (C=O) groups excluding carboxylic acids is 2. The molecule has 0 radical (unpaired) electrons. The van der Waals surface area contributed by atoms with Crippen molar-refractivity contribution >= 4 is 23.8 Å². The third-order valence-corrected chi connectivity index (χ3v) is 2.01. The lowest BCUT2D eigenvalue weighted by Gasteiger charge is -2.20. The number of nitro benzene ring substituents is 1. The molecular formula is C12H14N2O5. The molecule has 102 valence electrons. The summed E-state index contributed by atoms with van der Waals surface area (Å²) in [6.07, 6.45) is -0.302. The Labute approximate surface area is 109 Å². The first kappa shape index (κ1) is 14.6. The van der Waals surface area contributed by atoms with E-state index in [0.29, 0.717) is 6.29 Å². The van der Waals surface area contributed by atoms with Gasteiger partial charge in [0.1, 0.15) is 5.60 Å². The van der Waals surface area contributed by atoms with E-state index >= 15 is 0 Å². The summed E-state index contributed by atoms with van der Waals surface area (Å²) in [5, 5.41) is 12.9. The Morgan fingerprint density at radius 2 is 2.05 bits per heavy atom. The van der Waals surface area contributed by atoms with Crippen LogP contribution < -0.4 is 5.32 Å². The van der Waals surface area contributed by atoms with Crippen LogP contribution in [0.5, 0.6) is 0 Å². The minimum atomic E-state index is -0.732. The SMILES string of the molecule is CC(C)(C)OC(=O)Nc1ccc([N+](=O)[O-])cc1C=O. The Bertz CT molecular complexity index is 519. The van der Waals surface area contributed by atoms with Crippen LogP contribution in [0.4, 0.5) is 16.2 Å². The van der Waals surface area contributed by atoms with Crippen LogP contribution in [0, 0.1) is 10.1 Å². The Hall–Kier alpha value is -2.44.